The average Bonchev–Trinajstić information content (AvgIpc) is 3.36. The third kappa shape index (κ3) is 4.23. The number of amides is 2. The van der Waals surface area contributed by atoms with Gasteiger partial charge in [-0.3, -0.25) is 14.7 Å². The fraction of sp³-hybridized carbons (Fsp3) is 0.400. The van der Waals surface area contributed by atoms with Gasteiger partial charge in [-0.15, -0.1) is 0 Å². The van der Waals surface area contributed by atoms with Crippen LogP contribution < -0.4 is 0 Å². The molecule has 0 unspecified atom stereocenters. The summed E-state index contributed by atoms with van der Waals surface area (Å²) in [6.45, 7) is -0.210. The predicted octanol–water partition coefficient (Wildman–Crippen LogP) is 3.20. The van der Waals surface area contributed by atoms with Crippen LogP contribution in [0.4, 0.5) is 9.18 Å². The van der Waals surface area contributed by atoms with Crippen LogP contribution >= 0.6 is 15.9 Å². The van der Waals surface area contributed by atoms with E-state index in [1.807, 2.05) is 30.3 Å². The summed E-state index contributed by atoms with van der Waals surface area (Å²) in [6, 6.07) is 8.53. The van der Waals surface area contributed by atoms with Gasteiger partial charge in [0.1, 0.15) is 23.4 Å². The number of alkyl halides is 1. The van der Waals surface area contributed by atoms with Gasteiger partial charge in [0.15, 0.2) is 0 Å². The van der Waals surface area contributed by atoms with Crippen molar-refractivity contribution in [2.75, 3.05) is 13.6 Å². The number of hydrogen-bond donors (Lipinski definition) is 0. The molecule has 0 bridgehead atoms. The van der Waals surface area contributed by atoms with E-state index >= 15 is 0 Å². The maximum absolute atomic E-state index is 14.1. The zero-order valence-electron chi connectivity index (χ0n) is 16.2. The standard InChI is InChI=1S/C20H20BrFN4O4/c1-25(18-8-17(21)24-30-18)19(27)16-7-14(22)10-26(16)20(28)29-11-12-6-13-4-2-3-5-15(13)23-9-12/h2-6,9,14,16,18H,7-8,10-11H2,1H3/t14-,16-,18-/m0/s1. The van der Waals surface area contributed by atoms with Gasteiger partial charge in [0.05, 0.1) is 18.5 Å². The first-order valence-electron chi connectivity index (χ1n) is 9.48. The van der Waals surface area contributed by atoms with E-state index in [1.54, 1.807) is 13.2 Å². The highest BCUT2D eigenvalue weighted by Crippen LogP contribution is 2.26. The number of rotatable bonds is 4. The minimum atomic E-state index is -1.30. The summed E-state index contributed by atoms with van der Waals surface area (Å²) >= 11 is 3.22. The number of aromatic nitrogens is 1. The molecular formula is C20H20BrFN4O4. The second-order valence-electron chi connectivity index (χ2n) is 7.27. The molecule has 4 rings (SSSR count). The van der Waals surface area contributed by atoms with E-state index in [9.17, 15) is 14.0 Å². The SMILES string of the molecule is CN(C(=O)[C@@H]1C[C@H](F)CN1C(=O)OCc1cnc2ccccc2c1)[C@@H]1CC(Br)=NO1. The number of hydrogen-bond acceptors (Lipinski definition) is 6. The Morgan fingerprint density at radius 1 is 1.40 bits per heavy atom. The van der Waals surface area contributed by atoms with E-state index in [0.29, 0.717) is 16.6 Å². The van der Waals surface area contributed by atoms with Gasteiger partial charge in [-0.2, -0.15) is 0 Å². The molecule has 3 heterocycles. The van der Waals surface area contributed by atoms with Gasteiger partial charge in [-0.05, 0) is 28.1 Å². The molecule has 2 aliphatic heterocycles. The monoisotopic (exact) mass is 478 g/mol. The van der Waals surface area contributed by atoms with Crippen molar-refractivity contribution in [3.05, 3.63) is 42.1 Å². The second-order valence-corrected chi connectivity index (χ2v) is 8.19. The highest BCUT2D eigenvalue weighted by atomic mass is 79.9. The molecule has 1 aromatic heterocycles. The summed E-state index contributed by atoms with van der Waals surface area (Å²) in [4.78, 5) is 37.5. The second kappa shape index (κ2) is 8.55. The van der Waals surface area contributed by atoms with Crippen molar-refractivity contribution < 1.29 is 23.6 Å². The van der Waals surface area contributed by atoms with Crippen molar-refractivity contribution in [2.45, 2.75) is 37.9 Å². The van der Waals surface area contributed by atoms with Crippen LogP contribution in [-0.4, -0.2) is 63.4 Å². The Balaban J connectivity index is 1.40. The topological polar surface area (TPSA) is 84.3 Å². The lowest BCUT2D eigenvalue weighted by Gasteiger charge is -2.29. The highest BCUT2D eigenvalue weighted by molar-refractivity contribution is 9.18. The Morgan fingerprint density at radius 2 is 2.20 bits per heavy atom. The molecule has 2 amide bonds. The Kier molecular flexibility index (Phi) is 5.85. The molecule has 10 heteroatoms. The van der Waals surface area contributed by atoms with Crippen molar-refractivity contribution in [2.24, 2.45) is 5.16 Å². The van der Waals surface area contributed by atoms with Gasteiger partial charge < -0.3 is 14.5 Å². The van der Waals surface area contributed by atoms with Crippen LogP contribution in [0, 0.1) is 0 Å². The molecule has 1 saturated heterocycles. The number of benzene rings is 1. The van der Waals surface area contributed by atoms with Gasteiger partial charge in [-0.25, -0.2) is 9.18 Å². The number of para-hydroxylation sites is 1. The normalized spacial score (nSPS) is 23.2. The van der Waals surface area contributed by atoms with E-state index in [2.05, 4.69) is 26.1 Å². The Hall–Kier alpha value is -2.75. The molecule has 3 atom stereocenters. The zero-order chi connectivity index (χ0) is 21.3. The maximum Gasteiger partial charge on any atom is 0.410 e. The maximum atomic E-state index is 14.1. The molecule has 1 fully saturated rings. The number of ether oxygens (including phenoxy) is 1. The average molecular weight is 479 g/mol. The molecule has 0 spiro atoms. The molecule has 2 aliphatic rings. The molecule has 2 aromatic rings. The summed E-state index contributed by atoms with van der Waals surface area (Å²) < 4.78 is 20.0. The summed E-state index contributed by atoms with van der Waals surface area (Å²) in [5.74, 6) is -0.415. The molecule has 0 aliphatic carbocycles. The van der Waals surface area contributed by atoms with E-state index in [0.717, 1.165) is 15.8 Å². The van der Waals surface area contributed by atoms with Crippen LogP contribution in [0.5, 0.6) is 0 Å². The summed E-state index contributed by atoms with van der Waals surface area (Å²) in [5.41, 5.74) is 1.55. The summed E-state index contributed by atoms with van der Waals surface area (Å²) in [7, 11) is 1.55. The van der Waals surface area contributed by atoms with E-state index in [-0.39, 0.29) is 19.6 Å². The van der Waals surface area contributed by atoms with Crippen molar-refractivity contribution in [3.63, 3.8) is 0 Å². The fourth-order valence-corrected chi connectivity index (χ4v) is 3.93. The van der Waals surface area contributed by atoms with Gasteiger partial charge in [0.2, 0.25) is 12.1 Å². The summed E-state index contributed by atoms with van der Waals surface area (Å²) in [5, 5.41) is 4.68. The van der Waals surface area contributed by atoms with E-state index in [1.165, 1.54) is 4.90 Å². The van der Waals surface area contributed by atoms with Crippen molar-refractivity contribution in [1.29, 1.82) is 0 Å². The van der Waals surface area contributed by atoms with E-state index < -0.39 is 30.4 Å². The van der Waals surface area contributed by atoms with E-state index in [4.69, 9.17) is 9.57 Å². The number of pyridine rings is 1. The Labute approximate surface area is 180 Å². The molecule has 158 valence electrons. The predicted molar refractivity (Wildman–Crippen MR) is 111 cm³/mol. The van der Waals surface area contributed by atoms with Gasteiger partial charge >= 0.3 is 6.09 Å². The lowest BCUT2D eigenvalue weighted by Crippen LogP contribution is -2.49. The highest BCUT2D eigenvalue weighted by Gasteiger charge is 2.43. The number of likely N-dealkylation sites (N-methyl/N-ethyl adjacent to an activating group) is 1. The zero-order valence-corrected chi connectivity index (χ0v) is 17.8. The smallest absolute Gasteiger partial charge is 0.410 e. The van der Waals surface area contributed by atoms with Crippen LogP contribution in [0.2, 0.25) is 0 Å². The number of carbonyl (C=O) groups excluding carboxylic acids is 2. The molecule has 0 N–H and O–H groups in total. The first-order chi connectivity index (χ1) is 14.4. The number of likely N-dealkylation sites (tertiary alicyclic amines) is 1. The number of fused-ring (bicyclic) bond motifs is 1. The number of nitrogens with zero attached hydrogens (tertiary/aromatic N) is 4. The minimum absolute atomic E-state index is 0.0204. The lowest BCUT2D eigenvalue weighted by atomic mass is 10.1. The van der Waals surface area contributed by atoms with Crippen molar-refractivity contribution in [3.8, 4) is 0 Å². The van der Waals surface area contributed by atoms with Crippen molar-refractivity contribution in [1.82, 2.24) is 14.8 Å². The van der Waals surface area contributed by atoms with Crippen molar-refractivity contribution >= 4 is 43.5 Å². The van der Waals surface area contributed by atoms with Crippen LogP contribution in [-0.2, 0) is 21.0 Å². The third-order valence-corrected chi connectivity index (χ3v) is 5.64. The third-order valence-electron chi connectivity index (χ3n) is 5.18. The van der Waals surface area contributed by atoms with Gasteiger partial charge in [0, 0.05) is 30.6 Å². The van der Waals surface area contributed by atoms with Gasteiger partial charge in [-0.1, -0.05) is 23.4 Å². The quantitative estimate of drug-likeness (QED) is 0.673. The number of carbonyl (C=O) groups is 2. The fourth-order valence-electron chi connectivity index (χ4n) is 3.57. The molecule has 8 nitrogen and oxygen atoms in total. The molecule has 30 heavy (non-hydrogen) atoms. The molecule has 0 saturated carbocycles. The van der Waals surface area contributed by atoms with Crippen LogP contribution in [0.15, 0.2) is 41.7 Å². The van der Waals surface area contributed by atoms with Crippen LogP contribution in [0.3, 0.4) is 0 Å². The minimum Gasteiger partial charge on any atom is -0.444 e. The molecule has 0 radical (unpaired) electrons. The summed E-state index contributed by atoms with van der Waals surface area (Å²) in [6.07, 6.45) is -0.678. The Bertz CT molecular complexity index is 1000. The number of oxime groups is 1. The lowest BCUT2D eigenvalue weighted by molar-refractivity contribution is -0.145. The largest absolute Gasteiger partial charge is 0.444 e. The molecular weight excluding hydrogens is 459 g/mol. The first-order valence-corrected chi connectivity index (χ1v) is 10.3. The van der Waals surface area contributed by atoms with Crippen LogP contribution in [0.25, 0.3) is 10.9 Å². The first kappa shape index (κ1) is 20.5. The van der Waals surface area contributed by atoms with Crippen LogP contribution in [0.1, 0.15) is 18.4 Å². The number of halogens is 2. The Morgan fingerprint density at radius 3 is 2.97 bits per heavy atom. The molecule has 1 aromatic carbocycles. The van der Waals surface area contributed by atoms with Gasteiger partial charge in [0.25, 0.3) is 0 Å².